The molecule has 0 atom stereocenters. The van der Waals surface area contributed by atoms with E-state index in [4.69, 9.17) is 9.84 Å². The Kier molecular flexibility index (Phi) is 4.46. The van der Waals surface area contributed by atoms with Gasteiger partial charge in [0.05, 0.1) is 12.7 Å². The Bertz CT molecular complexity index is 737. The zero-order chi connectivity index (χ0) is 16.3. The molecule has 114 valence electrons. The molecule has 0 saturated carbocycles. The maximum Gasteiger partial charge on any atom is 0.335 e. The molecule has 2 N–H and O–H groups in total. The predicted octanol–water partition coefficient (Wildman–Crippen LogP) is 3.26. The molecule has 22 heavy (non-hydrogen) atoms. The maximum absolute atomic E-state index is 12.3. The summed E-state index contributed by atoms with van der Waals surface area (Å²) in [5, 5.41) is 11.7. The third-order valence-electron chi connectivity index (χ3n) is 3.39. The lowest BCUT2D eigenvalue weighted by atomic mass is 10.1. The van der Waals surface area contributed by atoms with Crippen LogP contribution in [-0.4, -0.2) is 24.1 Å². The zero-order valence-electron chi connectivity index (χ0n) is 12.6. The third-order valence-corrected chi connectivity index (χ3v) is 3.39. The van der Waals surface area contributed by atoms with E-state index in [1.807, 2.05) is 13.0 Å². The highest BCUT2D eigenvalue weighted by molar-refractivity contribution is 6.05. The van der Waals surface area contributed by atoms with Gasteiger partial charge in [0, 0.05) is 11.3 Å². The van der Waals surface area contributed by atoms with Crippen molar-refractivity contribution >= 4 is 17.6 Å². The van der Waals surface area contributed by atoms with E-state index in [1.54, 1.807) is 32.2 Å². The number of ether oxygens (including phenoxy) is 1. The Balaban J connectivity index is 2.24. The van der Waals surface area contributed by atoms with E-state index in [9.17, 15) is 9.59 Å². The molecule has 0 saturated heterocycles. The van der Waals surface area contributed by atoms with E-state index >= 15 is 0 Å². The molecule has 0 spiro atoms. The number of carbonyl (C=O) groups excluding carboxylic acids is 1. The van der Waals surface area contributed by atoms with Gasteiger partial charge in [0.1, 0.15) is 5.75 Å². The lowest BCUT2D eigenvalue weighted by Gasteiger charge is -2.11. The summed E-state index contributed by atoms with van der Waals surface area (Å²) in [7, 11) is 1.55. The topological polar surface area (TPSA) is 75.6 Å². The van der Waals surface area contributed by atoms with E-state index < -0.39 is 5.97 Å². The number of hydrogen-bond acceptors (Lipinski definition) is 3. The lowest BCUT2D eigenvalue weighted by Crippen LogP contribution is -2.13. The van der Waals surface area contributed by atoms with Crippen LogP contribution < -0.4 is 10.1 Å². The smallest absolute Gasteiger partial charge is 0.335 e. The summed E-state index contributed by atoms with van der Waals surface area (Å²) < 4.78 is 5.21. The monoisotopic (exact) mass is 299 g/mol. The fraction of sp³-hybridized carbons (Fsp3) is 0.176. The molecule has 5 nitrogen and oxygen atoms in total. The van der Waals surface area contributed by atoms with Crippen molar-refractivity contribution in [3.8, 4) is 5.75 Å². The molecular formula is C17H17NO4. The van der Waals surface area contributed by atoms with Crippen molar-refractivity contribution in [3.63, 3.8) is 0 Å². The average molecular weight is 299 g/mol. The van der Waals surface area contributed by atoms with Gasteiger partial charge in [-0.3, -0.25) is 4.79 Å². The number of aromatic carboxylic acids is 1. The summed E-state index contributed by atoms with van der Waals surface area (Å²) in [6.07, 6.45) is 0. The van der Waals surface area contributed by atoms with E-state index in [-0.39, 0.29) is 11.5 Å². The number of anilines is 1. The molecule has 2 aromatic carbocycles. The Morgan fingerprint density at radius 3 is 2.27 bits per heavy atom. The Morgan fingerprint density at radius 1 is 1.00 bits per heavy atom. The van der Waals surface area contributed by atoms with E-state index in [0.717, 1.165) is 5.56 Å². The number of nitrogens with one attached hydrogen (secondary N) is 1. The van der Waals surface area contributed by atoms with Gasteiger partial charge in [-0.2, -0.15) is 0 Å². The van der Waals surface area contributed by atoms with Crippen molar-refractivity contribution in [2.24, 2.45) is 0 Å². The van der Waals surface area contributed by atoms with Gasteiger partial charge in [-0.15, -0.1) is 0 Å². The maximum atomic E-state index is 12.3. The normalized spacial score (nSPS) is 10.1. The van der Waals surface area contributed by atoms with Crippen molar-refractivity contribution in [3.05, 3.63) is 58.7 Å². The van der Waals surface area contributed by atoms with Crippen LogP contribution in [0.15, 0.2) is 36.4 Å². The van der Waals surface area contributed by atoms with Gasteiger partial charge in [-0.05, 0) is 55.3 Å². The summed E-state index contributed by atoms with van der Waals surface area (Å²) in [5.41, 5.74) is 2.87. The molecular weight excluding hydrogens is 282 g/mol. The Labute approximate surface area is 128 Å². The standard InChI is InChI=1S/C17H17NO4/c1-10-4-5-12(9-15(10)22-3)16(19)18-14-7-6-13(17(20)21)8-11(14)2/h4-9H,1-3H3,(H,18,19)(H,20,21). The van der Waals surface area contributed by atoms with Crippen LogP contribution in [0.4, 0.5) is 5.69 Å². The van der Waals surface area contributed by atoms with Gasteiger partial charge in [-0.25, -0.2) is 4.79 Å². The second kappa shape index (κ2) is 6.30. The van der Waals surface area contributed by atoms with Crippen LogP contribution in [0.5, 0.6) is 5.75 Å². The second-order valence-corrected chi connectivity index (χ2v) is 4.97. The van der Waals surface area contributed by atoms with Crippen LogP contribution in [0.3, 0.4) is 0 Å². The minimum atomic E-state index is -0.996. The van der Waals surface area contributed by atoms with E-state index in [2.05, 4.69) is 5.32 Å². The molecule has 0 radical (unpaired) electrons. The number of benzene rings is 2. The SMILES string of the molecule is COc1cc(C(=O)Nc2ccc(C(=O)O)cc2C)ccc1C. The summed E-state index contributed by atoms with van der Waals surface area (Å²) >= 11 is 0. The fourth-order valence-corrected chi connectivity index (χ4v) is 2.09. The Morgan fingerprint density at radius 2 is 1.68 bits per heavy atom. The van der Waals surface area contributed by atoms with Crippen molar-refractivity contribution in [1.29, 1.82) is 0 Å². The minimum absolute atomic E-state index is 0.188. The molecule has 0 aliphatic carbocycles. The quantitative estimate of drug-likeness (QED) is 0.908. The molecule has 2 rings (SSSR count). The largest absolute Gasteiger partial charge is 0.496 e. The number of methoxy groups -OCH3 is 1. The van der Waals surface area contributed by atoms with Crippen molar-refractivity contribution in [2.45, 2.75) is 13.8 Å². The zero-order valence-corrected chi connectivity index (χ0v) is 12.6. The first-order chi connectivity index (χ1) is 10.4. The van der Waals surface area contributed by atoms with Gasteiger partial charge in [0.2, 0.25) is 0 Å². The van der Waals surface area contributed by atoms with Crippen molar-refractivity contribution in [1.82, 2.24) is 0 Å². The molecule has 1 amide bonds. The number of carboxylic acids is 1. The Hall–Kier alpha value is -2.82. The summed E-state index contributed by atoms with van der Waals surface area (Å²) in [4.78, 5) is 23.2. The van der Waals surface area contributed by atoms with Gasteiger partial charge in [-0.1, -0.05) is 6.07 Å². The number of amides is 1. The first-order valence-corrected chi connectivity index (χ1v) is 6.72. The first kappa shape index (κ1) is 15.6. The highest BCUT2D eigenvalue weighted by atomic mass is 16.5. The third kappa shape index (κ3) is 3.25. The lowest BCUT2D eigenvalue weighted by molar-refractivity contribution is 0.0696. The summed E-state index contributed by atoms with van der Waals surface area (Å²) in [6.45, 7) is 3.65. The molecule has 0 unspecified atom stereocenters. The van der Waals surface area contributed by atoms with Crippen LogP contribution >= 0.6 is 0 Å². The summed E-state index contributed by atoms with van der Waals surface area (Å²) in [6, 6.07) is 9.77. The van der Waals surface area contributed by atoms with Crippen LogP contribution in [0.2, 0.25) is 0 Å². The number of carbonyl (C=O) groups is 2. The molecule has 5 heteroatoms. The average Bonchev–Trinajstić information content (AvgIpc) is 2.49. The molecule has 0 aliphatic rings. The second-order valence-electron chi connectivity index (χ2n) is 4.97. The molecule has 0 heterocycles. The van der Waals surface area contributed by atoms with Gasteiger partial charge < -0.3 is 15.2 Å². The summed E-state index contributed by atoms with van der Waals surface area (Å²) in [5.74, 6) is -0.626. The van der Waals surface area contributed by atoms with Crippen molar-refractivity contribution in [2.75, 3.05) is 12.4 Å². The number of rotatable bonds is 4. The molecule has 2 aromatic rings. The van der Waals surface area contributed by atoms with Crippen LogP contribution in [0, 0.1) is 13.8 Å². The van der Waals surface area contributed by atoms with Gasteiger partial charge >= 0.3 is 5.97 Å². The van der Waals surface area contributed by atoms with Crippen LogP contribution in [0.25, 0.3) is 0 Å². The fourth-order valence-electron chi connectivity index (χ4n) is 2.09. The van der Waals surface area contributed by atoms with Gasteiger partial charge in [0.15, 0.2) is 0 Å². The molecule has 0 bridgehead atoms. The van der Waals surface area contributed by atoms with E-state index in [1.165, 1.54) is 12.1 Å². The van der Waals surface area contributed by atoms with Crippen molar-refractivity contribution < 1.29 is 19.4 Å². The van der Waals surface area contributed by atoms with Crippen LogP contribution in [-0.2, 0) is 0 Å². The van der Waals surface area contributed by atoms with Gasteiger partial charge in [0.25, 0.3) is 5.91 Å². The predicted molar refractivity (Wildman–Crippen MR) is 83.8 cm³/mol. The number of aryl methyl sites for hydroxylation is 2. The minimum Gasteiger partial charge on any atom is -0.496 e. The highest BCUT2D eigenvalue weighted by Crippen LogP contribution is 2.21. The molecule has 0 aromatic heterocycles. The first-order valence-electron chi connectivity index (χ1n) is 6.72. The molecule has 0 aliphatic heterocycles. The van der Waals surface area contributed by atoms with E-state index in [0.29, 0.717) is 22.6 Å². The van der Waals surface area contributed by atoms with Crippen LogP contribution in [0.1, 0.15) is 31.8 Å². The molecule has 0 fully saturated rings. The number of hydrogen-bond donors (Lipinski definition) is 2. The highest BCUT2D eigenvalue weighted by Gasteiger charge is 2.11. The number of carboxylic acid groups (broad SMARTS) is 1.